The molecule has 9 heteroatoms. The summed E-state index contributed by atoms with van der Waals surface area (Å²) < 4.78 is 32.3. The van der Waals surface area contributed by atoms with Crippen molar-refractivity contribution in [3.8, 4) is 5.75 Å². The molecule has 0 radical (unpaired) electrons. The van der Waals surface area contributed by atoms with Gasteiger partial charge in [0.25, 0.3) is 0 Å². The number of nitrogens with zero attached hydrogens (tertiary/aromatic N) is 1. The first kappa shape index (κ1) is 25.2. The van der Waals surface area contributed by atoms with Gasteiger partial charge in [-0.05, 0) is 61.2 Å². The first-order valence-electron chi connectivity index (χ1n) is 10.4. The molecule has 0 atom stereocenters. The molecule has 0 aliphatic carbocycles. The monoisotopic (exact) mass is 462 g/mol. The van der Waals surface area contributed by atoms with Gasteiger partial charge in [-0.15, -0.1) is 0 Å². The van der Waals surface area contributed by atoms with Crippen LogP contribution in [0.15, 0.2) is 48.5 Å². The lowest BCUT2D eigenvalue weighted by Gasteiger charge is -2.24. The van der Waals surface area contributed by atoms with E-state index in [1.807, 2.05) is 0 Å². The third-order valence-electron chi connectivity index (χ3n) is 4.46. The number of carbonyl (C=O) groups is 2. The van der Waals surface area contributed by atoms with Crippen LogP contribution < -0.4 is 9.50 Å². The SMILES string of the molecule is CCOC(=O)c1ccc(NC(=O)N(CCC(C)C)Cc2ccc(OS(C)(=O)=O)cc2)cc1. The van der Waals surface area contributed by atoms with Crippen LogP contribution in [0.4, 0.5) is 10.5 Å². The summed E-state index contributed by atoms with van der Waals surface area (Å²) in [4.78, 5) is 26.4. The van der Waals surface area contributed by atoms with E-state index in [-0.39, 0.29) is 11.8 Å². The van der Waals surface area contributed by atoms with E-state index in [9.17, 15) is 18.0 Å². The Balaban J connectivity index is 2.08. The number of carbonyl (C=O) groups excluding carboxylic acids is 2. The zero-order valence-electron chi connectivity index (χ0n) is 18.8. The van der Waals surface area contributed by atoms with Gasteiger partial charge in [-0.2, -0.15) is 8.42 Å². The summed E-state index contributed by atoms with van der Waals surface area (Å²) in [6, 6.07) is 12.8. The van der Waals surface area contributed by atoms with E-state index in [4.69, 9.17) is 8.92 Å². The van der Waals surface area contributed by atoms with Crippen LogP contribution in [0.25, 0.3) is 0 Å². The maximum atomic E-state index is 12.9. The van der Waals surface area contributed by atoms with Gasteiger partial charge < -0.3 is 19.1 Å². The lowest BCUT2D eigenvalue weighted by atomic mass is 10.1. The summed E-state index contributed by atoms with van der Waals surface area (Å²) in [6.07, 6.45) is 1.81. The number of nitrogens with one attached hydrogen (secondary N) is 1. The van der Waals surface area contributed by atoms with Crippen LogP contribution in [-0.2, 0) is 21.4 Å². The molecule has 0 spiro atoms. The van der Waals surface area contributed by atoms with Crippen molar-refractivity contribution in [2.75, 3.05) is 24.7 Å². The lowest BCUT2D eigenvalue weighted by Crippen LogP contribution is -2.35. The molecule has 2 aromatic carbocycles. The Bertz CT molecular complexity index is 1000. The Morgan fingerprint density at radius 2 is 1.66 bits per heavy atom. The minimum absolute atomic E-state index is 0.219. The zero-order chi connectivity index (χ0) is 23.7. The normalized spacial score (nSPS) is 11.2. The second-order valence-corrected chi connectivity index (χ2v) is 9.34. The summed E-state index contributed by atoms with van der Waals surface area (Å²) in [5, 5.41) is 2.86. The van der Waals surface area contributed by atoms with E-state index in [1.165, 1.54) is 0 Å². The van der Waals surface area contributed by atoms with Crippen LogP contribution in [0, 0.1) is 5.92 Å². The van der Waals surface area contributed by atoms with Crippen LogP contribution >= 0.6 is 0 Å². The number of esters is 1. The molecular formula is C23H30N2O6S. The molecule has 0 aromatic heterocycles. The largest absolute Gasteiger partial charge is 0.462 e. The van der Waals surface area contributed by atoms with Gasteiger partial charge in [0, 0.05) is 18.8 Å². The third kappa shape index (κ3) is 8.58. The molecule has 0 fully saturated rings. The van der Waals surface area contributed by atoms with E-state index in [0.29, 0.717) is 36.9 Å². The molecule has 0 aliphatic heterocycles. The first-order valence-corrected chi connectivity index (χ1v) is 12.2. The topological polar surface area (TPSA) is 102 Å². The van der Waals surface area contributed by atoms with Gasteiger partial charge in [0.2, 0.25) is 0 Å². The molecule has 2 aromatic rings. The van der Waals surface area contributed by atoms with Crippen molar-refractivity contribution >= 4 is 27.8 Å². The van der Waals surface area contributed by atoms with Crippen LogP contribution in [0.1, 0.15) is 43.1 Å². The molecule has 0 heterocycles. The van der Waals surface area contributed by atoms with Crippen molar-refractivity contribution in [3.63, 3.8) is 0 Å². The molecule has 0 saturated heterocycles. The number of hydrogen-bond donors (Lipinski definition) is 1. The Hall–Kier alpha value is -3.07. The van der Waals surface area contributed by atoms with Crippen molar-refractivity contribution in [3.05, 3.63) is 59.7 Å². The molecule has 1 N–H and O–H groups in total. The van der Waals surface area contributed by atoms with E-state index >= 15 is 0 Å². The number of urea groups is 1. The maximum absolute atomic E-state index is 12.9. The van der Waals surface area contributed by atoms with Crippen LogP contribution in [-0.4, -0.2) is 44.7 Å². The number of benzene rings is 2. The smallest absolute Gasteiger partial charge is 0.338 e. The van der Waals surface area contributed by atoms with Gasteiger partial charge in [-0.25, -0.2) is 9.59 Å². The number of ether oxygens (including phenoxy) is 1. The number of rotatable bonds is 10. The molecule has 0 saturated carbocycles. The Labute approximate surface area is 189 Å². The Morgan fingerprint density at radius 1 is 1.03 bits per heavy atom. The van der Waals surface area contributed by atoms with Crippen molar-refractivity contribution in [2.24, 2.45) is 5.92 Å². The highest BCUT2D eigenvalue weighted by molar-refractivity contribution is 7.86. The lowest BCUT2D eigenvalue weighted by molar-refractivity contribution is 0.0526. The van der Waals surface area contributed by atoms with Gasteiger partial charge in [0.1, 0.15) is 5.75 Å². The van der Waals surface area contributed by atoms with Crippen molar-refractivity contribution in [1.82, 2.24) is 4.90 Å². The molecule has 2 rings (SSSR count). The highest BCUT2D eigenvalue weighted by atomic mass is 32.2. The molecule has 0 bridgehead atoms. The first-order chi connectivity index (χ1) is 15.1. The Kier molecular flexibility index (Phi) is 9.07. The second-order valence-electron chi connectivity index (χ2n) is 7.76. The fourth-order valence-electron chi connectivity index (χ4n) is 2.82. The highest BCUT2D eigenvalue weighted by Crippen LogP contribution is 2.17. The minimum atomic E-state index is -3.59. The van der Waals surface area contributed by atoms with Crippen LogP contribution in [0.2, 0.25) is 0 Å². The zero-order valence-corrected chi connectivity index (χ0v) is 19.6. The molecule has 32 heavy (non-hydrogen) atoms. The molecule has 8 nitrogen and oxygen atoms in total. The Morgan fingerprint density at radius 3 is 2.19 bits per heavy atom. The fraction of sp³-hybridized carbons (Fsp3) is 0.391. The third-order valence-corrected chi connectivity index (χ3v) is 4.95. The van der Waals surface area contributed by atoms with E-state index in [2.05, 4.69) is 19.2 Å². The summed E-state index contributed by atoms with van der Waals surface area (Å²) in [5.41, 5.74) is 1.81. The van der Waals surface area contributed by atoms with Crippen molar-refractivity contribution in [1.29, 1.82) is 0 Å². The van der Waals surface area contributed by atoms with Crippen LogP contribution in [0.5, 0.6) is 5.75 Å². The molecule has 2 amide bonds. The summed E-state index contributed by atoms with van der Waals surface area (Å²) in [7, 11) is -3.59. The molecule has 0 unspecified atom stereocenters. The number of amides is 2. The molecule has 174 valence electrons. The predicted molar refractivity (Wildman–Crippen MR) is 123 cm³/mol. The van der Waals surface area contributed by atoms with Gasteiger partial charge >= 0.3 is 22.1 Å². The van der Waals surface area contributed by atoms with Crippen molar-refractivity contribution < 1.29 is 26.9 Å². The average Bonchev–Trinajstić information content (AvgIpc) is 2.71. The number of anilines is 1. The second kappa shape index (κ2) is 11.5. The summed E-state index contributed by atoms with van der Waals surface area (Å²) >= 11 is 0. The minimum Gasteiger partial charge on any atom is -0.462 e. The van der Waals surface area contributed by atoms with E-state index in [1.54, 1.807) is 60.4 Å². The maximum Gasteiger partial charge on any atom is 0.338 e. The summed E-state index contributed by atoms with van der Waals surface area (Å²) in [6.45, 7) is 7.10. The van der Waals surface area contributed by atoms with Crippen LogP contribution in [0.3, 0.4) is 0 Å². The fourth-order valence-corrected chi connectivity index (χ4v) is 3.28. The quantitative estimate of drug-likeness (QED) is 0.418. The molecular weight excluding hydrogens is 432 g/mol. The number of hydrogen-bond acceptors (Lipinski definition) is 6. The average molecular weight is 463 g/mol. The van der Waals surface area contributed by atoms with E-state index in [0.717, 1.165) is 18.2 Å². The van der Waals surface area contributed by atoms with Gasteiger partial charge in [-0.3, -0.25) is 0 Å². The van der Waals surface area contributed by atoms with Crippen molar-refractivity contribution in [2.45, 2.75) is 33.7 Å². The predicted octanol–water partition coefficient (Wildman–Crippen LogP) is 4.28. The standard InChI is InChI=1S/C23H30N2O6S/c1-5-30-22(26)19-8-10-20(11-9-19)24-23(27)25(15-14-17(2)3)16-18-6-12-21(13-7-18)31-32(4,28)29/h6-13,17H,5,14-16H2,1-4H3,(H,24,27). The van der Waals surface area contributed by atoms with Gasteiger partial charge in [0.15, 0.2) is 0 Å². The van der Waals surface area contributed by atoms with Gasteiger partial charge in [-0.1, -0.05) is 26.0 Å². The summed E-state index contributed by atoms with van der Waals surface area (Å²) in [5.74, 6) is 0.225. The van der Waals surface area contributed by atoms with Gasteiger partial charge in [0.05, 0.1) is 18.4 Å². The highest BCUT2D eigenvalue weighted by Gasteiger charge is 2.16. The molecule has 0 aliphatic rings. The van der Waals surface area contributed by atoms with E-state index < -0.39 is 16.1 Å².